The Morgan fingerprint density at radius 3 is 1.92 bits per heavy atom. The maximum atomic E-state index is 11.4. The Hall–Kier alpha value is -2.42. The van der Waals surface area contributed by atoms with Gasteiger partial charge in [0, 0.05) is 27.7 Å². The Labute approximate surface area is 138 Å². The lowest BCUT2D eigenvalue weighted by molar-refractivity contribution is -0.207. The van der Waals surface area contributed by atoms with Gasteiger partial charge in [0.2, 0.25) is 0 Å². The lowest BCUT2D eigenvalue weighted by Gasteiger charge is -2.41. The number of rotatable bonds is 5. The van der Waals surface area contributed by atoms with Gasteiger partial charge in [-0.25, -0.2) is 0 Å². The molecule has 0 fully saturated rings. The third-order valence-electron chi connectivity index (χ3n) is 3.09. The van der Waals surface area contributed by atoms with Gasteiger partial charge in [0.15, 0.2) is 23.9 Å². The number of aliphatic hydroxyl groups is 1. The van der Waals surface area contributed by atoms with Crippen LogP contribution in [0.4, 0.5) is 0 Å². The fourth-order valence-corrected chi connectivity index (χ4v) is 2.24. The summed E-state index contributed by atoms with van der Waals surface area (Å²) in [5.74, 6) is -2.83. The highest BCUT2D eigenvalue weighted by atomic mass is 16.6. The van der Waals surface area contributed by atoms with Crippen LogP contribution in [-0.4, -0.2) is 59.5 Å². The van der Waals surface area contributed by atoms with Crippen molar-refractivity contribution in [3.8, 4) is 0 Å². The van der Waals surface area contributed by atoms with Crippen LogP contribution in [0.3, 0.4) is 0 Å². The van der Waals surface area contributed by atoms with Crippen molar-refractivity contribution in [1.82, 2.24) is 0 Å². The van der Waals surface area contributed by atoms with Gasteiger partial charge in [-0.05, 0) is 12.2 Å². The summed E-state index contributed by atoms with van der Waals surface area (Å²) in [6.45, 7) is 3.96. The van der Waals surface area contributed by atoms with Crippen LogP contribution in [-0.2, 0) is 38.1 Å². The summed E-state index contributed by atoms with van der Waals surface area (Å²) in [6.07, 6.45) is -1.36. The lowest BCUT2D eigenvalue weighted by atomic mass is 9.84. The second kappa shape index (κ2) is 7.91. The van der Waals surface area contributed by atoms with E-state index in [9.17, 15) is 24.3 Å². The smallest absolute Gasteiger partial charge is 0.303 e. The van der Waals surface area contributed by atoms with Crippen LogP contribution < -0.4 is 0 Å². The summed E-state index contributed by atoms with van der Waals surface area (Å²) in [4.78, 5) is 45.0. The van der Waals surface area contributed by atoms with E-state index in [0.717, 1.165) is 27.7 Å². The van der Waals surface area contributed by atoms with Gasteiger partial charge < -0.3 is 24.1 Å². The summed E-state index contributed by atoms with van der Waals surface area (Å²) < 4.78 is 19.9. The molecular formula is C15H20O9. The summed E-state index contributed by atoms with van der Waals surface area (Å²) in [5.41, 5.74) is -1.95. The molecule has 9 heteroatoms. The Bertz CT molecular complexity index is 553. The Morgan fingerprint density at radius 1 is 0.917 bits per heavy atom. The van der Waals surface area contributed by atoms with Crippen molar-refractivity contribution in [2.24, 2.45) is 0 Å². The number of ether oxygens (including phenoxy) is 4. The van der Waals surface area contributed by atoms with Gasteiger partial charge in [-0.1, -0.05) is 0 Å². The fourth-order valence-electron chi connectivity index (χ4n) is 2.24. The topological polar surface area (TPSA) is 125 Å². The first-order valence-corrected chi connectivity index (χ1v) is 7.12. The molecule has 0 heterocycles. The van der Waals surface area contributed by atoms with E-state index in [0.29, 0.717) is 0 Å². The zero-order valence-electron chi connectivity index (χ0n) is 13.8. The largest absolute Gasteiger partial charge is 0.462 e. The van der Waals surface area contributed by atoms with Crippen molar-refractivity contribution in [2.75, 3.05) is 6.61 Å². The molecule has 0 aliphatic heterocycles. The minimum atomic E-state index is -1.95. The summed E-state index contributed by atoms with van der Waals surface area (Å²) >= 11 is 0. The van der Waals surface area contributed by atoms with Gasteiger partial charge in [-0.3, -0.25) is 19.2 Å². The van der Waals surface area contributed by atoms with Crippen LogP contribution in [0.5, 0.6) is 0 Å². The number of hydrogen-bond acceptors (Lipinski definition) is 9. The van der Waals surface area contributed by atoms with Gasteiger partial charge in [0.05, 0.1) is 0 Å². The Kier molecular flexibility index (Phi) is 6.47. The van der Waals surface area contributed by atoms with Crippen LogP contribution in [0.1, 0.15) is 27.7 Å². The molecular weight excluding hydrogens is 324 g/mol. The first kappa shape index (κ1) is 19.6. The average molecular weight is 344 g/mol. The van der Waals surface area contributed by atoms with Crippen molar-refractivity contribution in [3.63, 3.8) is 0 Å². The fraction of sp³-hybridized carbons (Fsp3) is 0.600. The van der Waals surface area contributed by atoms with E-state index in [-0.39, 0.29) is 0 Å². The second-order valence-electron chi connectivity index (χ2n) is 5.31. The maximum Gasteiger partial charge on any atom is 0.303 e. The van der Waals surface area contributed by atoms with E-state index in [2.05, 4.69) is 0 Å². The van der Waals surface area contributed by atoms with Crippen molar-refractivity contribution < 1.29 is 43.2 Å². The zero-order chi connectivity index (χ0) is 18.5. The van der Waals surface area contributed by atoms with Gasteiger partial charge in [0.1, 0.15) is 6.61 Å². The molecule has 1 N–H and O–H groups in total. The van der Waals surface area contributed by atoms with Gasteiger partial charge in [-0.15, -0.1) is 0 Å². The highest BCUT2D eigenvalue weighted by Gasteiger charge is 2.51. The quantitative estimate of drug-likeness (QED) is 0.404. The molecule has 0 amide bonds. The summed E-state index contributed by atoms with van der Waals surface area (Å²) in [5, 5.41) is 10.7. The SMILES string of the molecule is CC(=O)OC[C@]1(O)C=C[C@H](OC(C)=O)[C@@H](OC(C)=O)[C@H]1OC(C)=O. The Balaban J connectivity index is 3.22. The predicted molar refractivity (Wildman–Crippen MR) is 77.4 cm³/mol. The van der Waals surface area contributed by atoms with Crippen molar-refractivity contribution in [1.29, 1.82) is 0 Å². The number of esters is 4. The molecule has 1 aliphatic carbocycles. The molecule has 1 rings (SSSR count). The van der Waals surface area contributed by atoms with E-state index in [1.807, 2.05) is 0 Å². The molecule has 0 saturated carbocycles. The van der Waals surface area contributed by atoms with Crippen LogP contribution in [0.2, 0.25) is 0 Å². The molecule has 4 atom stereocenters. The van der Waals surface area contributed by atoms with Crippen LogP contribution in [0, 0.1) is 0 Å². The highest BCUT2D eigenvalue weighted by Crippen LogP contribution is 2.30. The third-order valence-corrected chi connectivity index (χ3v) is 3.09. The van der Waals surface area contributed by atoms with Gasteiger partial charge in [0.25, 0.3) is 0 Å². The number of hydrogen-bond donors (Lipinski definition) is 1. The molecule has 24 heavy (non-hydrogen) atoms. The predicted octanol–water partition coefficient (Wildman–Crippen LogP) is -0.355. The maximum absolute atomic E-state index is 11.4. The average Bonchev–Trinajstić information content (AvgIpc) is 2.43. The first-order chi connectivity index (χ1) is 11.0. The van der Waals surface area contributed by atoms with Gasteiger partial charge >= 0.3 is 23.9 Å². The van der Waals surface area contributed by atoms with E-state index in [4.69, 9.17) is 18.9 Å². The monoisotopic (exact) mass is 344 g/mol. The van der Waals surface area contributed by atoms with Crippen molar-refractivity contribution in [3.05, 3.63) is 12.2 Å². The van der Waals surface area contributed by atoms with Crippen molar-refractivity contribution >= 4 is 23.9 Å². The van der Waals surface area contributed by atoms with E-state index < -0.39 is 54.4 Å². The molecule has 0 aromatic heterocycles. The van der Waals surface area contributed by atoms with Crippen LogP contribution in [0.25, 0.3) is 0 Å². The molecule has 0 spiro atoms. The van der Waals surface area contributed by atoms with Crippen molar-refractivity contribution in [2.45, 2.75) is 51.6 Å². The molecule has 0 unspecified atom stereocenters. The number of carbonyl (C=O) groups excluding carboxylic acids is 4. The summed E-state index contributed by atoms with van der Waals surface area (Å²) in [7, 11) is 0. The third kappa shape index (κ3) is 5.34. The number of carbonyl (C=O) groups is 4. The normalized spacial score (nSPS) is 28.6. The van der Waals surface area contributed by atoms with Gasteiger partial charge in [-0.2, -0.15) is 0 Å². The lowest BCUT2D eigenvalue weighted by Crippen LogP contribution is -2.60. The first-order valence-electron chi connectivity index (χ1n) is 7.12. The van der Waals surface area contributed by atoms with Crippen LogP contribution >= 0.6 is 0 Å². The minimum absolute atomic E-state index is 0.540. The highest BCUT2D eigenvalue weighted by molar-refractivity contribution is 5.69. The van der Waals surface area contributed by atoms with Crippen LogP contribution in [0.15, 0.2) is 12.2 Å². The Morgan fingerprint density at radius 2 is 1.46 bits per heavy atom. The molecule has 0 aromatic carbocycles. The molecule has 134 valence electrons. The molecule has 0 aromatic rings. The summed E-state index contributed by atoms with van der Waals surface area (Å²) in [6, 6.07) is 0. The van der Waals surface area contributed by atoms with E-state index in [1.54, 1.807) is 0 Å². The molecule has 9 nitrogen and oxygen atoms in total. The molecule has 0 radical (unpaired) electrons. The standard InChI is InChI=1S/C15H20O9/c1-8(16)21-7-15(20)6-5-12(22-9(2)17)13(23-10(3)18)14(15)24-11(4)19/h5-6,12-14,20H,7H2,1-4H3/t12-,13+,14+,15+/m0/s1. The van der Waals surface area contributed by atoms with E-state index in [1.165, 1.54) is 12.2 Å². The van der Waals surface area contributed by atoms with E-state index >= 15 is 0 Å². The zero-order valence-corrected chi connectivity index (χ0v) is 13.8. The molecule has 0 bridgehead atoms. The second-order valence-corrected chi connectivity index (χ2v) is 5.31. The molecule has 1 aliphatic rings. The molecule has 0 saturated heterocycles. The minimum Gasteiger partial charge on any atom is -0.462 e.